The first-order valence-corrected chi connectivity index (χ1v) is 6.61. The molecule has 0 bridgehead atoms. The lowest BCUT2D eigenvalue weighted by atomic mass is 10.1. The maximum atomic E-state index is 12.3. The molecule has 3 N–H and O–H groups in total. The fraction of sp³-hybridized carbons (Fsp3) is 0.133. The molecule has 0 saturated carbocycles. The van der Waals surface area contributed by atoms with Crippen molar-refractivity contribution in [2.75, 3.05) is 5.32 Å². The summed E-state index contributed by atoms with van der Waals surface area (Å²) in [6, 6.07) is 8.28. The SMILES string of the molecule is Cc1cccc(C)c1NC(=O)c1cc([N+](=O)[O-])cc([N+](=O)[O-])c1.O. The highest BCUT2D eigenvalue weighted by atomic mass is 16.6. The summed E-state index contributed by atoms with van der Waals surface area (Å²) in [7, 11) is 0. The van der Waals surface area contributed by atoms with Gasteiger partial charge in [0.1, 0.15) is 0 Å². The Balaban J connectivity index is 0.00000288. The molecule has 9 heteroatoms. The Morgan fingerprint density at radius 3 is 1.83 bits per heavy atom. The summed E-state index contributed by atoms with van der Waals surface area (Å²) in [5.74, 6) is -0.644. The van der Waals surface area contributed by atoms with Crippen LogP contribution in [-0.4, -0.2) is 21.2 Å². The zero-order valence-electron chi connectivity index (χ0n) is 12.9. The van der Waals surface area contributed by atoms with Gasteiger partial charge in [0.2, 0.25) is 0 Å². The predicted octanol–water partition coefficient (Wildman–Crippen LogP) is 2.55. The highest BCUT2D eigenvalue weighted by molar-refractivity contribution is 6.05. The number of non-ortho nitro benzene ring substituents is 2. The quantitative estimate of drug-likeness (QED) is 0.674. The van der Waals surface area contributed by atoms with Gasteiger partial charge in [-0.15, -0.1) is 0 Å². The summed E-state index contributed by atoms with van der Waals surface area (Å²) in [6.45, 7) is 3.61. The number of nitrogens with zero attached hydrogens (tertiary/aromatic N) is 2. The largest absolute Gasteiger partial charge is 0.412 e. The second-order valence-electron chi connectivity index (χ2n) is 4.97. The van der Waals surface area contributed by atoms with Gasteiger partial charge in [0.05, 0.1) is 21.5 Å². The Kier molecular flexibility index (Phi) is 5.68. The van der Waals surface area contributed by atoms with Crippen LogP contribution in [0.2, 0.25) is 0 Å². The number of nitro groups is 2. The van der Waals surface area contributed by atoms with E-state index in [0.717, 1.165) is 29.3 Å². The number of carbonyl (C=O) groups is 1. The maximum absolute atomic E-state index is 12.3. The number of para-hydroxylation sites is 1. The van der Waals surface area contributed by atoms with Gasteiger partial charge in [-0.2, -0.15) is 0 Å². The van der Waals surface area contributed by atoms with Gasteiger partial charge in [-0.1, -0.05) is 18.2 Å². The fourth-order valence-corrected chi connectivity index (χ4v) is 2.13. The lowest BCUT2D eigenvalue weighted by Gasteiger charge is -2.11. The maximum Gasteiger partial charge on any atom is 0.277 e. The van der Waals surface area contributed by atoms with Crippen molar-refractivity contribution in [3.63, 3.8) is 0 Å². The molecule has 0 fully saturated rings. The first kappa shape index (κ1) is 18.7. The molecule has 2 rings (SSSR count). The highest BCUT2D eigenvalue weighted by Gasteiger charge is 2.20. The molecule has 0 aliphatic heterocycles. The fourth-order valence-electron chi connectivity index (χ4n) is 2.13. The average Bonchev–Trinajstić information content (AvgIpc) is 2.50. The lowest BCUT2D eigenvalue weighted by molar-refractivity contribution is -0.394. The Morgan fingerprint density at radius 1 is 0.958 bits per heavy atom. The average molecular weight is 333 g/mol. The summed E-state index contributed by atoms with van der Waals surface area (Å²) in [5.41, 5.74) is 1.05. The Hall–Kier alpha value is -3.33. The molecular formula is C15H15N3O6. The van der Waals surface area contributed by atoms with Crippen LogP contribution in [0.3, 0.4) is 0 Å². The van der Waals surface area contributed by atoms with Crippen molar-refractivity contribution >= 4 is 23.0 Å². The number of amides is 1. The van der Waals surface area contributed by atoms with Crippen molar-refractivity contribution in [3.05, 3.63) is 73.3 Å². The zero-order valence-corrected chi connectivity index (χ0v) is 12.9. The minimum atomic E-state index is -0.775. The smallest absolute Gasteiger partial charge is 0.277 e. The summed E-state index contributed by atoms with van der Waals surface area (Å²) >= 11 is 0. The van der Waals surface area contributed by atoms with E-state index in [9.17, 15) is 25.0 Å². The third-order valence-corrected chi connectivity index (χ3v) is 3.31. The highest BCUT2D eigenvalue weighted by Crippen LogP contribution is 2.25. The molecule has 0 heterocycles. The summed E-state index contributed by atoms with van der Waals surface area (Å²) in [4.78, 5) is 32.5. The van der Waals surface area contributed by atoms with E-state index in [2.05, 4.69) is 5.32 Å². The molecule has 0 aromatic heterocycles. The molecule has 0 radical (unpaired) electrons. The number of nitro benzene ring substituents is 2. The summed E-state index contributed by atoms with van der Waals surface area (Å²) in [5, 5.41) is 24.4. The van der Waals surface area contributed by atoms with Crippen LogP contribution in [0.15, 0.2) is 36.4 Å². The number of anilines is 1. The zero-order chi connectivity index (χ0) is 17.1. The van der Waals surface area contributed by atoms with E-state index in [1.54, 1.807) is 26.0 Å². The molecule has 126 valence electrons. The van der Waals surface area contributed by atoms with Gasteiger partial charge in [-0.25, -0.2) is 0 Å². The first-order valence-electron chi connectivity index (χ1n) is 6.61. The molecule has 0 unspecified atom stereocenters. The predicted molar refractivity (Wildman–Crippen MR) is 87.2 cm³/mol. The van der Waals surface area contributed by atoms with Crippen molar-refractivity contribution in [2.45, 2.75) is 13.8 Å². The van der Waals surface area contributed by atoms with Crippen molar-refractivity contribution in [1.29, 1.82) is 0 Å². The number of hydrogen-bond acceptors (Lipinski definition) is 5. The van der Waals surface area contributed by atoms with E-state index >= 15 is 0 Å². The van der Waals surface area contributed by atoms with Crippen molar-refractivity contribution < 1.29 is 20.1 Å². The van der Waals surface area contributed by atoms with Gasteiger partial charge in [0.25, 0.3) is 17.3 Å². The van der Waals surface area contributed by atoms with Crippen molar-refractivity contribution in [2.24, 2.45) is 0 Å². The van der Waals surface area contributed by atoms with E-state index in [0.29, 0.717) is 5.69 Å². The molecule has 1 amide bonds. The van der Waals surface area contributed by atoms with Crippen LogP contribution in [0.5, 0.6) is 0 Å². The topological polar surface area (TPSA) is 147 Å². The summed E-state index contributed by atoms with van der Waals surface area (Å²) < 4.78 is 0. The van der Waals surface area contributed by atoms with E-state index in [-0.39, 0.29) is 11.0 Å². The first-order chi connectivity index (χ1) is 10.8. The molecule has 2 aromatic carbocycles. The number of benzene rings is 2. The standard InChI is InChI=1S/C15H13N3O5.H2O/c1-9-4-3-5-10(2)14(9)16-15(19)11-6-12(17(20)21)8-13(7-11)18(22)23;/h3-8H,1-2H3,(H,16,19);1H2. The van der Waals surface area contributed by atoms with Gasteiger partial charge in [0.15, 0.2) is 0 Å². The monoisotopic (exact) mass is 333 g/mol. The molecule has 9 nitrogen and oxygen atoms in total. The second-order valence-corrected chi connectivity index (χ2v) is 4.97. The molecule has 0 aliphatic rings. The normalized spacial score (nSPS) is 9.75. The molecule has 0 spiro atoms. The number of carbonyl (C=O) groups excluding carboxylic acids is 1. The van der Waals surface area contributed by atoms with E-state index in [1.165, 1.54) is 0 Å². The lowest BCUT2D eigenvalue weighted by Crippen LogP contribution is -2.14. The molecule has 0 aliphatic carbocycles. The molecule has 24 heavy (non-hydrogen) atoms. The van der Waals surface area contributed by atoms with Crippen molar-refractivity contribution in [3.8, 4) is 0 Å². The van der Waals surface area contributed by atoms with Crippen molar-refractivity contribution in [1.82, 2.24) is 0 Å². The van der Waals surface area contributed by atoms with Gasteiger partial charge >= 0.3 is 0 Å². The van der Waals surface area contributed by atoms with E-state index in [1.807, 2.05) is 6.07 Å². The van der Waals surface area contributed by atoms with Crippen LogP contribution in [0.25, 0.3) is 0 Å². The number of hydrogen-bond donors (Lipinski definition) is 1. The third-order valence-electron chi connectivity index (χ3n) is 3.31. The molecule has 0 atom stereocenters. The summed E-state index contributed by atoms with van der Waals surface area (Å²) in [6.07, 6.45) is 0. The van der Waals surface area contributed by atoms with Gasteiger partial charge in [-0.3, -0.25) is 25.0 Å². The van der Waals surface area contributed by atoms with Crippen LogP contribution in [-0.2, 0) is 0 Å². The Labute approximate surface area is 136 Å². The minimum absolute atomic E-state index is 0. The van der Waals surface area contributed by atoms with Crippen LogP contribution in [0, 0.1) is 34.1 Å². The van der Waals surface area contributed by atoms with Crippen LogP contribution in [0.4, 0.5) is 17.1 Å². The van der Waals surface area contributed by atoms with E-state index in [4.69, 9.17) is 0 Å². The molecule has 0 saturated heterocycles. The number of aryl methyl sites for hydroxylation is 2. The van der Waals surface area contributed by atoms with Gasteiger partial charge in [-0.05, 0) is 25.0 Å². The van der Waals surface area contributed by atoms with Crippen LogP contribution < -0.4 is 5.32 Å². The Morgan fingerprint density at radius 2 is 1.42 bits per heavy atom. The second kappa shape index (κ2) is 7.29. The number of nitrogens with one attached hydrogen (secondary N) is 1. The van der Waals surface area contributed by atoms with Gasteiger partial charge in [0, 0.05) is 17.8 Å². The Bertz CT molecular complexity index is 766. The van der Waals surface area contributed by atoms with Crippen LogP contribution >= 0.6 is 0 Å². The van der Waals surface area contributed by atoms with Gasteiger partial charge < -0.3 is 10.8 Å². The van der Waals surface area contributed by atoms with E-state index < -0.39 is 27.1 Å². The van der Waals surface area contributed by atoms with Crippen LogP contribution in [0.1, 0.15) is 21.5 Å². The minimum Gasteiger partial charge on any atom is -0.412 e. The third kappa shape index (κ3) is 3.90. The number of rotatable bonds is 4. The molecule has 2 aromatic rings. The molecular weight excluding hydrogens is 318 g/mol.